The highest BCUT2D eigenvalue weighted by atomic mass is 32.2. The van der Waals surface area contributed by atoms with Gasteiger partial charge in [-0.05, 0) is 36.2 Å². The van der Waals surface area contributed by atoms with Crippen LogP contribution in [-0.4, -0.2) is 19.3 Å². The van der Waals surface area contributed by atoms with Crippen molar-refractivity contribution in [1.82, 2.24) is 4.98 Å². The molecule has 8 heteroatoms. The van der Waals surface area contributed by atoms with Gasteiger partial charge in [-0.15, -0.1) is 0 Å². The molecule has 0 aliphatic carbocycles. The topological polar surface area (TPSA) is 88.2 Å². The summed E-state index contributed by atoms with van der Waals surface area (Å²) in [4.78, 5) is 16.4. The average Bonchev–Trinajstić information content (AvgIpc) is 2.95. The predicted molar refractivity (Wildman–Crippen MR) is 105 cm³/mol. The van der Waals surface area contributed by atoms with Crippen molar-refractivity contribution in [1.29, 1.82) is 0 Å². The molecule has 2 aromatic carbocycles. The molecule has 3 aromatic rings. The Morgan fingerprint density at radius 3 is 2.58 bits per heavy atom. The molecule has 136 valence electrons. The Morgan fingerprint density at radius 1 is 1.15 bits per heavy atom. The molecular weight excluding hydrogens is 370 g/mol. The van der Waals surface area contributed by atoms with Crippen molar-refractivity contribution in [3.05, 3.63) is 48.5 Å². The second kappa shape index (κ2) is 7.43. The first-order valence-electron chi connectivity index (χ1n) is 8.12. The van der Waals surface area contributed by atoms with Gasteiger partial charge in [-0.25, -0.2) is 13.4 Å². The minimum Gasteiger partial charge on any atom is -0.326 e. The fourth-order valence-corrected chi connectivity index (χ4v) is 4.56. The second-order valence-electron chi connectivity index (χ2n) is 6.27. The molecule has 6 nitrogen and oxygen atoms in total. The SMILES string of the molecule is CC(C)CC(=O)Nc1ccc2nc(NS(=O)(=O)c3ccccc3)sc2c1. The maximum Gasteiger partial charge on any atom is 0.263 e. The van der Waals surface area contributed by atoms with Gasteiger partial charge in [0.15, 0.2) is 5.13 Å². The van der Waals surface area contributed by atoms with Crippen LogP contribution in [0.25, 0.3) is 10.2 Å². The second-order valence-corrected chi connectivity index (χ2v) is 8.98. The molecule has 1 heterocycles. The standard InChI is InChI=1S/C18H19N3O3S2/c1-12(2)10-17(22)19-13-8-9-15-16(11-13)25-18(20-15)21-26(23,24)14-6-4-3-5-7-14/h3-9,11-12H,10H2,1-2H3,(H,19,22)(H,20,21). The third-order valence-corrected chi connectivity index (χ3v) is 5.96. The monoisotopic (exact) mass is 389 g/mol. The van der Waals surface area contributed by atoms with Crippen LogP contribution >= 0.6 is 11.3 Å². The van der Waals surface area contributed by atoms with Crippen LogP contribution in [0, 0.1) is 5.92 Å². The molecule has 26 heavy (non-hydrogen) atoms. The molecule has 0 saturated heterocycles. The highest BCUT2D eigenvalue weighted by Crippen LogP contribution is 2.30. The Labute approximate surface area is 156 Å². The number of rotatable bonds is 6. The zero-order valence-electron chi connectivity index (χ0n) is 14.4. The van der Waals surface area contributed by atoms with Crippen LogP contribution in [-0.2, 0) is 14.8 Å². The molecule has 0 aliphatic rings. The summed E-state index contributed by atoms with van der Waals surface area (Å²) >= 11 is 1.22. The first-order chi connectivity index (χ1) is 12.3. The van der Waals surface area contributed by atoms with E-state index in [4.69, 9.17) is 0 Å². The summed E-state index contributed by atoms with van der Waals surface area (Å²) in [5, 5.41) is 3.14. The van der Waals surface area contributed by atoms with E-state index in [1.165, 1.54) is 23.5 Å². The molecule has 1 aromatic heterocycles. The van der Waals surface area contributed by atoms with E-state index in [0.717, 1.165) is 4.70 Å². The number of anilines is 2. The Balaban J connectivity index is 1.80. The van der Waals surface area contributed by atoms with E-state index in [-0.39, 0.29) is 21.9 Å². The molecule has 0 saturated carbocycles. The van der Waals surface area contributed by atoms with Crippen LogP contribution < -0.4 is 10.0 Å². The molecule has 0 radical (unpaired) electrons. The van der Waals surface area contributed by atoms with Crippen molar-refractivity contribution >= 4 is 48.3 Å². The van der Waals surface area contributed by atoms with Crippen LogP contribution in [0.2, 0.25) is 0 Å². The highest BCUT2D eigenvalue weighted by Gasteiger charge is 2.16. The number of hydrogen-bond acceptors (Lipinski definition) is 5. The third kappa shape index (κ3) is 4.39. The smallest absolute Gasteiger partial charge is 0.263 e. The van der Waals surface area contributed by atoms with Gasteiger partial charge in [0, 0.05) is 12.1 Å². The molecule has 2 N–H and O–H groups in total. The van der Waals surface area contributed by atoms with Gasteiger partial charge in [-0.2, -0.15) is 0 Å². The maximum atomic E-state index is 12.4. The van der Waals surface area contributed by atoms with Gasteiger partial charge in [0.1, 0.15) is 0 Å². The van der Waals surface area contributed by atoms with Crippen LogP contribution in [0.15, 0.2) is 53.4 Å². The van der Waals surface area contributed by atoms with Crippen molar-refractivity contribution in [3.63, 3.8) is 0 Å². The largest absolute Gasteiger partial charge is 0.326 e. The number of carbonyl (C=O) groups is 1. The van der Waals surface area contributed by atoms with Crippen molar-refractivity contribution in [3.8, 4) is 0 Å². The number of benzene rings is 2. The van der Waals surface area contributed by atoms with Crippen LogP contribution in [0.3, 0.4) is 0 Å². The maximum absolute atomic E-state index is 12.4. The van der Waals surface area contributed by atoms with Crippen LogP contribution in [0.5, 0.6) is 0 Å². The number of aromatic nitrogens is 1. The van der Waals surface area contributed by atoms with E-state index in [1.54, 1.807) is 36.4 Å². The summed E-state index contributed by atoms with van der Waals surface area (Å²) < 4.78 is 28.1. The summed E-state index contributed by atoms with van der Waals surface area (Å²) in [7, 11) is -3.68. The zero-order chi connectivity index (χ0) is 18.7. The van der Waals surface area contributed by atoms with Crippen LogP contribution in [0.4, 0.5) is 10.8 Å². The van der Waals surface area contributed by atoms with Crippen molar-refractivity contribution in [2.24, 2.45) is 5.92 Å². The van der Waals surface area contributed by atoms with E-state index in [9.17, 15) is 13.2 Å². The van der Waals surface area contributed by atoms with Gasteiger partial charge in [-0.3, -0.25) is 9.52 Å². The molecule has 0 atom stereocenters. The lowest BCUT2D eigenvalue weighted by Crippen LogP contribution is -2.13. The normalized spacial score (nSPS) is 11.7. The van der Waals surface area contributed by atoms with Gasteiger partial charge in [-0.1, -0.05) is 43.4 Å². The number of sulfonamides is 1. The number of amides is 1. The molecule has 3 rings (SSSR count). The Morgan fingerprint density at radius 2 is 1.88 bits per heavy atom. The predicted octanol–water partition coefficient (Wildman–Crippen LogP) is 4.08. The summed E-state index contributed by atoms with van der Waals surface area (Å²) in [6, 6.07) is 13.5. The van der Waals surface area contributed by atoms with Gasteiger partial charge in [0.2, 0.25) is 5.91 Å². The number of thiazole rings is 1. The lowest BCUT2D eigenvalue weighted by molar-refractivity contribution is -0.116. The highest BCUT2D eigenvalue weighted by molar-refractivity contribution is 7.93. The molecule has 1 amide bonds. The van der Waals surface area contributed by atoms with E-state index in [1.807, 2.05) is 13.8 Å². The van der Waals surface area contributed by atoms with Gasteiger partial charge >= 0.3 is 0 Å². The zero-order valence-corrected chi connectivity index (χ0v) is 16.0. The molecule has 0 fully saturated rings. The quantitative estimate of drug-likeness (QED) is 0.665. The van der Waals surface area contributed by atoms with Gasteiger partial charge < -0.3 is 5.32 Å². The minimum atomic E-state index is -3.68. The summed E-state index contributed by atoms with van der Waals surface area (Å²) in [5.41, 5.74) is 1.34. The Hall–Kier alpha value is -2.45. The van der Waals surface area contributed by atoms with Crippen molar-refractivity contribution in [2.45, 2.75) is 25.2 Å². The lowest BCUT2D eigenvalue weighted by Gasteiger charge is -2.06. The van der Waals surface area contributed by atoms with E-state index >= 15 is 0 Å². The van der Waals surface area contributed by atoms with E-state index in [2.05, 4.69) is 15.0 Å². The van der Waals surface area contributed by atoms with E-state index < -0.39 is 10.0 Å². The molecule has 0 spiro atoms. The first kappa shape index (κ1) is 18.3. The van der Waals surface area contributed by atoms with Crippen LogP contribution in [0.1, 0.15) is 20.3 Å². The number of fused-ring (bicyclic) bond motifs is 1. The fourth-order valence-electron chi connectivity index (χ4n) is 2.40. The summed E-state index contributed by atoms with van der Waals surface area (Å²) in [5.74, 6) is 0.231. The summed E-state index contributed by atoms with van der Waals surface area (Å²) in [6.07, 6.45) is 0.447. The van der Waals surface area contributed by atoms with Gasteiger partial charge in [0.25, 0.3) is 10.0 Å². The van der Waals surface area contributed by atoms with E-state index in [0.29, 0.717) is 17.6 Å². The number of nitrogens with one attached hydrogen (secondary N) is 2. The minimum absolute atomic E-state index is 0.0473. The lowest BCUT2D eigenvalue weighted by atomic mass is 10.1. The first-order valence-corrected chi connectivity index (χ1v) is 10.4. The van der Waals surface area contributed by atoms with Crippen molar-refractivity contribution in [2.75, 3.05) is 10.0 Å². The molecule has 0 bridgehead atoms. The molecule has 0 unspecified atom stereocenters. The Bertz CT molecular complexity index is 1030. The molecule has 0 aliphatic heterocycles. The molecular formula is C18H19N3O3S2. The van der Waals surface area contributed by atoms with Crippen molar-refractivity contribution < 1.29 is 13.2 Å². The summed E-state index contributed by atoms with van der Waals surface area (Å²) in [6.45, 7) is 3.97. The Kier molecular flexibility index (Phi) is 5.24. The third-order valence-electron chi connectivity index (χ3n) is 3.54. The van der Waals surface area contributed by atoms with Gasteiger partial charge in [0.05, 0.1) is 15.1 Å². The number of carbonyl (C=O) groups excluding carboxylic acids is 1. The number of hydrogen-bond donors (Lipinski definition) is 2. The number of nitrogens with zero attached hydrogens (tertiary/aromatic N) is 1. The average molecular weight is 390 g/mol. The fraction of sp³-hybridized carbons (Fsp3) is 0.222.